The summed E-state index contributed by atoms with van der Waals surface area (Å²) >= 11 is 0. The maximum absolute atomic E-state index is 11.7. The summed E-state index contributed by atoms with van der Waals surface area (Å²) in [5, 5.41) is 4.34. The van der Waals surface area contributed by atoms with Crippen LogP contribution < -0.4 is 4.72 Å². The molecule has 0 amide bonds. The highest BCUT2D eigenvalue weighted by atomic mass is 32.2. The lowest BCUT2D eigenvalue weighted by Gasteiger charge is -2.03. The number of sulfonamides is 1. The highest BCUT2D eigenvalue weighted by Crippen LogP contribution is 2.39. The van der Waals surface area contributed by atoms with E-state index in [1.165, 1.54) is 18.5 Å². The van der Waals surface area contributed by atoms with Gasteiger partial charge in [0.05, 0.1) is 18.0 Å². The Morgan fingerprint density at radius 1 is 1.50 bits per heavy atom. The Labute approximate surface area is 109 Å². The molecule has 1 aliphatic carbocycles. The molecule has 6 heteroatoms. The molecule has 0 spiro atoms. The first-order valence-electron chi connectivity index (χ1n) is 6.52. The van der Waals surface area contributed by atoms with Crippen molar-refractivity contribution in [3.8, 4) is 0 Å². The summed E-state index contributed by atoms with van der Waals surface area (Å²) in [5.41, 5.74) is 2.03. The fourth-order valence-electron chi connectivity index (χ4n) is 1.98. The molecule has 0 aliphatic heterocycles. The normalized spacial score (nSPS) is 16.1. The lowest BCUT2D eigenvalue weighted by atomic mass is 10.2. The van der Waals surface area contributed by atoms with E-state index in [2.05, 4.69) is 9.82 Å². The molecular formula is C12H21N3O2S. The van der Waals surface area contributed by atoms with Gasteiger partial charge in [0, 0.05) is 18.7 Å². The third-order valence-corrected chi connectivity index (χ3v) is 4.61. The number of aryl methyl sites for hydroxylation is 1. The Balaban J connectivity index is 1.91. The lowest BCUT2D eigenvalue weighted by Crippen LogP contribution is -2.26. The van der Waals surface area contributed by atoms with Crippen molar-refractivity contribution in [2.75, 3.05) is 5.75 Å². The van der Waals surface area contributed by atoms with Crippen molar-refractivity contribution in [1.29, 1.82) is 0 Å². The third-order valence-electron chi connectivity index (χ3n) is 3.20. The molecule has 0 saturated heterocycles. The Morgan fingerprint density at radius 2 is 2.22 bits per heavy atom. The number of hydrogen-bond donors (Lipinski definition) is 1. The van der Waals surface area contributed by atoms with Crippen LogP contribution in [0.4, 0.5) is 0 Å². The number of aromatic nitrogens is 2. The average Bonchev–Trinajstić information content (AvgIpc) is 3.09. The Morgan fingerprint density at radius 3 is 2.83 bits per heavy atom. The van der Waals surface area contributed by atoms with Crippen molar-refractivity contribution in [3.63, 3.8) is 0 Å². The average molecular weight is 271 g/mol. The second kappa shape index (κ2) is 5.40. The van der Waals surface area contributed by atoms with E-state index < -0.39 is 10.0 Å². The van der Waals surface area contributed by atoms with Crippen molar-refractivity contribution in [2.24, 2.45) is 7.05 Å². The van der Waals surface area contributed by atoms with Gasteiger partial charge >= 0.3 is 0 Å². The van der Waals surface area contributed by atoms with E-state index in [9.17, 15) is 8.42 Å². The zero-order chi connectivity index (χ0) is 13.2. The number of nitrogens with zero attached hydrogens (tertiary/aromatic N) is 2. The van der Waals surface area contributed by atoms with Gasteiger partial charge in [0.25, 0.3) is 0 Å². The van der Waals surface area contributed by atoms with Crippen molar-refractivity contribution < 1.29 is 8.42 Å². The molecule has 0 bridgehead atoms. The number of hydrogen-bond acceptors (Lipinski definition) is 3. The standard InChI is InChI=1S/C12H21N3O2S/c1-3-4-7-18(16,17)13-9-11-8-12(10-5-6-10)15(2)14-11/h8,10,13H,3-7,9H2,1-2H3. The molecule has 1 aromatic rings. The minimum absolute atomic E-state index is 0.200. The van der Waals surface area contributed by atoms with Crippen molar-refractivity contribution in [2.45, 2.75) is 45.1 Å². The van der Waals surface area contributed by atoms with Crippen molar-refractivity contribution in [3.05, 3.63) is 17.5 Å². The summed E-state index contributed by atoms with van der Waals surface area (Å²) in [6.07, 6.45) is 4.03. The van der Waals surface area contributed by atoms with E-state index in [1.807, 2.05) is 24.7 Å². The first-order chi connectivity index (χ1) is 8.52. The van der Waals surface area contributed by atoms with E-state index in [1.54, 1.807) is 0 Å². The second-order valence-corrected chi connectivity index (χ2v) is 6.88. The first-order valence-corrected chi connectivity index (χ1v) is 8.17. The highest BCUT2D eigenvalue weighted by molar-refractivity contribution is 7.89. The van der Waals surface area contributed by atoms with Gasteiger partial charge in [0.2, 0.25) is 10.0 Å². The van der Waals surface area contributed by atoms with Gasteiger partial charge in [-0.1, -0.05) is 13.3 Å². The molecule has 18 heavy (non-hydrogen) atoms. The van der Waals surface area contributed by atoms with Gasteiger partial charge in [0.1, 0.15) is 0 Å². The molecule has 5 nitrogen and oxygen atoms in total. The number of rotatable bonds is 7. The highest BCUT2D eigenvalue weighted by Gasteiger charge is 2.27. The van der Waals surface area contributed by atoms with E-state index >= 15 is 0 Å². The zero-order valence-corrected chi connectivity index (χ0v) is 11.8. The van der Waals surface area contributed by atoms with E-state index in [0.717, 1.165) is 12.1 Å². The largest absolute Gasteiger partial charge is 0.272 e. The molecule has 1 heterocycles. The molecule has 0 atom stereocenters. The molecular weight excluding hydrogens is 250 g/mol. The Kier molecular flexibility index (Phi) is 4.07. The Hall–Kier alpha value is -0.880. The summed E-state index contributed by atoms with van der Waals surface area (Å²) in [6, 6.07) is 2.01. The summed E-state index contributed by atoms with van der Waals surface area (Å²) in [6.45, 7) is 2.28. The van der Waals surface area contributed by atoms with Gasteiger partial charge in [-0.05, 0) is 25.3 Å². The molecule has 0 unspecified atom stereocenters. The van der Waals surface area contributed by atoms with Crippen LogP contribution in [0.25, 0.3) is 0 Å². The van der Waals surface area contributed by atoms with Crippen LogP contribution in [0, 0.1) is 0 Å². The van der Waals surface area contributed by atoms with Crippen LogP contribution in [-0.4, -0.2) is 24.0 Å². The maximum Gasteiger partial charge on any atom is 0.211 e. The maximum atomic E-state index is 11.7. The molecule has 2 rings (SSSR count). The van der Waals surface area contributed by atoms with Crippen LogP contribution in [-0.2, 0) is 23.6 Å². The summed E-state index contributed by atoms with van der Waals surface area (Å²) in [7, 11) is -1.23. The predicted molar refractivity (Wildman–Crippen MR) is 70.7 cm³/mol. The summed E-state index contributed by atoms with van der Waals surface area (Å²) in [5.74, 6) is 0.833. The predicted octanol–water partition coefficient (Wildman–Crippen LogP) is 1.52. The molecule has 1 aromatic heterocycles. The van der Waals surface area contributed by atoms with Crippen molar-refractivity contribution in [1.82, 2.24) is 14.5 Å². The van der Waals surface area contributed by atoms with E-state index in [0.29, 0.717) is 18.9 Å². The summed E-state index contributed by atoms with van der Waals surface area (Å²) < 4.78 is 27.8. The first kappa shape index (κ1) is 13.5. The third kappa shape index (κ3) is 3.55. The molecule has 0 radical (unpaired) electrons. The number of unbranched alkanes of at least 4 members (excludes halogenated alkanes) is 1. The molecule has 1 saturated carbocycles. The monoisotopic (exact) mass is 271 g/mol. The van der Waals surface area contributed by atoms with Gasteiger partial charge in [-0.25, -0.2) is 13.1 Å². The van der Waals surface area contributed by atoms with Crippen LogP contribution in [0.3, 0.4) is 0 Å². The minimum atomic E-state index is -3.15. The zero-order valence-electron chi connectivity index (χ0n) is 11.0. The van der Waals surface area contributed by atoms with Crippen molar-refractivity contribution >= 4 is 10.0 Å². The fraction of sp³-hybridized carbons (Fsp3) is 0.750. The molecule has 1 aliphatic rings. The molecule has 1 N–H and O–H groups in total. The van der Waals surface area contributed by atoms with Crippen LogP contribution in [0.5, 0.6) is 0 Å². The molecule has 0 aromatic carbocycles. The quantitative estimate of drug-likeness (QED) is 0.817. The van der Waals surface area contributed by atoms with Crippen LogP contribution >= 0.6 is 0 Å². The number of nitrogens with one attached hydrogen (secondary N) is 1. The lowest BCUT2D eigenvalue weighted by molar-refractivity contribution is 0.576. The Bertz CT molecular complexity index is 503. The van der Waals surface area contributed by atoms with E-state index in [4.69, 9.17) is 0 Å². The molecule has 1 fully saturated rings. The fourth-order valence-corrected chi connectivity index (χ4v) is 3.16. The van der Waals surface area contributed by atoms with Gasteiger partial charge in [-0.3, -0.25) is 4.68 Å². The van der Waals surface area contributed by atoms with Crippen LogP contribution in [0.2, 0.25) is 0 Å². The minimum Gasteiger partial charge on any atom is -0.272 e. The van der Waals surface area contributed by atoms with E-state index in [-0.39, 0.29) is 5.75 Å². The van der Waals surface area contributed by atoms with Gasteiger partial charge in [-0.2, -0.15) is 5.10 Å². The SMILES string of the molecule is CCCCS(=O)(=O)NCc1cc(C2CC2)n(C)n1. The van der Waals surface area contributed by atoms with Crippen LogP contribution in [0.15, 0.2) is 6.07 Å². The topological polar surface area (TPSA) is 64.0 Å². The van der Waals surface area contributed by atoms with Gasteiger partial charge in [-0.15, -0.1) is 0 Å². The summed E-state index contributed by atoms with van der Waals surface area (Å²) in [4.78, 5) is 0. The smallest absolute Gasteiger partial charge is 0.211 e. The van der Waals surface area contributed by atoms with Gasteiger partial charge in [0.15, 0.2) is 0 Å². The second-order valence-electron chi connectivity index (χ2n) is 4.95. The van der Waals surface area contributed by atoms with Gasteiger partial charge < -0.3 is 0 Å². The molecule has 102 valence electrons. The van der Waals surface area contributed by atoms with Crippen LogP contribution in [0.1, 0.15) is 49.9 Å².